The number of nitrogens with one attached hydrogen (secondary N) is 1. The lowest BCUT2D eigenvalue weighted by Gasteiger charge is -2.13. The molecule has 0 aliphatic rings. The summed E-state index contributed by atoms with van der Waals surface area (Å²) in [6, 6.07) is 12.9. The van der Waals surface area contributed by atoms with Gasteiger partial charge in [0.15, 0.2) is 0 Å². The second-order valence-corrected chi connectivity index (χ2v) is 6.33. The van der Waals surface area contributed by atoms with Crippen molar-refractivity contribution in [2.24, 2.45) is 0 Å². The molecule has 1 amide bonds. The van der Waals surface area contributed by atoms with E-state index in [0.29, 0.717) is 10.8 Å². The van der Waals surface area contributed by atoms with Gasteiger partial charge < -0.3 is 10.1 Å². The Morgan fingerprint density at radius 1 is 1.30 bits per heavy atom. The minimum absolute atomic E-state index is 0.204. The second-order valence-electron chi connectivity index (χ2n) is 5.07. The molecule has 2 aromatic carbocycles. The summed E-state index contributed by atoms with van der Waals surface area (Å²) >= 11 is 9.58. The molecule has 0 radical (unpaired) electrons. The van der Waals surface area contributed by atoms with Crippen molar-refractivity contribution in [1.29, 1.82) is 0 Å². The smallest absolute Gasteiger partial charge is 0.248 e. The third kappa shape index (κ3) is 5.41. The van der Waals surface area contributed by atoms with Crippen LogP contribution in [0.25, 0.3) is 0 Å². The van der Waals surface area contributed by atoms with Crippen LogP contribution in [0.2, 0.25) is 5.02 Å². The van der Waals surface area contributed by atoms with Gasteiger partial charge in [-0.05, 0) is 49.8 Å². The molecule has 0 spiro atoms. The maximum absolute atomic E-state index is 11.8. The van der Waals surface area contributed by atoms with E-state index in [0.717, 1.165) is 15.7 Å². The van der Waals surface area contributed by atoms with Crippen LogP contribution >= 0.6 is 27.5 Å². The van der Waals surface area contributed by atoms with Gasteiger partial charge in [-0.1, -0.05) is 45.7 Å². The monoisotopic (exact) mass is 393 g/mol. The molecular weight excluding hydrogens is 378 g/mol. The number of anilines is 1. The van der Waals surface area contributed by atoms with E-state index < -0.39 is 0 Å². The Balaban J connectivity index is 1.95. The Morgan fingerprint density at radius 3 is 2.70 bits per heavy atom. The molecule has 0 bridgehead atoms. The van der Waals surface area contributed by atoms with Gasteiger partial charge in [0, 0.05) is 16.2 Å². The van der Waals surface area contributed by atoms with E-state index in [4.69, 9.17) is 16.3 Å². The van der Waals surface area contributed by atoms with Crippen molar-refractivity contribution in [3.05, 3.63) is 69.7 Å². The van der Waals surface area contributed by atoms with E-state index in [1.807, 2.05) is 50.2 Å². The van der Waals surface area contributed by atoms with E-state index in [2.05, 4.69) is 21.2 Å². The molecule has 2 rings (SSSR count). The summed E-state index contributed by atoms with van der Waals surface area (Å²) in [5, 5.41) is 3.30. The van der Waals surface area contributed by atoms with Crippen LogP contribution in [-0.2, 0) is 4.79 Å². The number of carbonyl (C=O) groups is 1. The molecule has 0 aliphatic heterocycles. The Hall–Kier alpha value is -1.78. The Morgan fingerprint density at radius 2 is 2.00 bits per heavy atom. The van der Waals surface area contributed by atoms with Gasteiger partial charge in [-0.3, -0.25) is 4.79 Å². The number of carbonyl (C=O) groups excluding carboxylic acids is 1. The second kappa shape index (κ2) is 8.18. The maximum atomic E-state index is 11.8. The van der Waals surface area contributed by atoms with Crippen LogP contribution in [0, 0.1) is 6.92 Å². The first-order valence-corrected chi connectivity index (χ1v) is 8.29. The molecule has 0 fully saturated rings. The standard InChI is InChI=1S/C18H17BrClNO2/c1-12-10-17(16(20)11-15(12)19)23-13(2)8-9-18(22)21-14-6-4-3-5-7-14/h3-11,13H,1-2H3,(H,21,22). The fourth-order valence-electron chi connectivity index (χ4n) is 1.89. The molecule has 1 atom stereocenters. The van der Waals surface area contributed by atoms with Crippen LogP contribution in [0.1, 0.15) is 12.5 Å². The quantitative estimate of drug-likeness (QED) is 0.692. The van der Waals surface area contributed by atoms with Gasteiger partial charge >= 0.3 is 0 Å². The van der Waals surface area contributed by atoms with Gasteiger partial charge in [-0.15, -0.1) is 0 Å². The fourth-order valence-corrected chi connectivity index (χ4v) is 2.57. The van der Waals surface area contributed by atoms with Crippen LogP contribution < -0.4 is 10.1 Å². The summed E-state index contributed by atoms with van der Waals surface area (Å²) in [4.78, 5) is 11.8. The Bertz CT molecular complexity index is 716. The first kappa shape index (κ1) is 17.6. The zero-order valence-corrected chi connectivity index (χ0v) is 15.2. The van der Waals surface area contributed by atoms with Crippen molar-refractivity contribution in [3.63, 3.8) is 0 Å². The summed E-state index contributed by atoms with van der Waals surface area (Å²) in [6.07, 6.45) is 2.86. The molecule has 0 saturated carbocycles. The van der Waals surface area contributed by atoms with Crippen LogP contribution in [0.4, 0.5) is 5.69 Å². The lowest BCUT2D eigenvalue weighted by Crippen LogP contribution is -2.12. The highest BCUT2D eigenvalue weighted by Gasteiger charge is 2.08. The molecule has 120 valence electrons. The van der Waals surface area contributed by atoms with E-state index in [1.54, 1.807) is 12.1 Å². The third-order valence-electron chi connectivity index (χ3n) is 3.09. The topological polar surface area (TPSA) is 38.3 Å². The lowest BCUT2D eigenvalue weighted by atomic mass is 10.2. The molecule has 0 saturated heterocycles. The predicted octanol–water partition coefficient (Wildman–Crippen LogP) is 5.37. The minimum Gasteiger partial charge on any atom is -0.485 e. The van der Waals surface area contributed by atoms with Crippen LogP contribution in [-0.4, -0.2) is 12.0 Å². The minimum atomic E-state index is -0.283. The lowest BCUT2D eigenvalue weighted by molar-refractivity contribution is -0.111. The molecule has 0 aliphatic carbocycles. The number of hydrogen-bond acceptors (Lipinski definition) is 2. The molecule has 23 heavy (non-hydrogen) atoms. The summed E-state index contributed by atoms with van der Waals surface area (Å²) in [7, 11) is 0. The van der Waals surface area contributed by atoms with Crippen molar-refractivity contribution in [2.75, 3.05) is 5.32 Å². The largest absolute Gasteiger partial charge is 0.485 e. The molecule has 1 N–H and O–H groups in total. The van der Waals surface area contributed by atoms with Gasteiger partial charge in [0.05, 0.1) is 5.02 Å². The van der Waals surface area contributed by atoms with E-state index >= 15 is 0 Å². The number of hydrogen-bond donors (Lipinski definition) is 1. The maximum Gasteiger partial charge on any atom is 0.248 e. The van der Waals surface area contributed by atoms with Gasteiger partial charge in [0.25, 0.3) is 0 Å². The number of rotatable bonds is 5. The van der Waals surface area contributed by atoms with Crippen LogP contribution in [0.15, 0.2) is 59.1 Å². The molecular formula is C18H17BrClNO2. The van der Waals surface area contributed by atoms with E-state index in [-0.39, 0.29) is 12.0 Å². The summed E-state index contributed by atoms with van der Waals surface area (Å²) in [6.45, 7) is 3.81. The summed E-state index contributed by atoms with van der Waals surface area (Å²) < 4.78 is 6.69. The van der Waals surface area contributed by atoms with Crippen molar-refractivity contribution in [2.45, 2.75) is 20.0 Å². The number of halogens is 2. The highest BCUT2D eigenvalue weighted by molar-refractivity contribution is 9.10. The van der Waals surface area contributed by atoms with Crippen LogP contribution in [0.5, 0.6) is 5.75 Å². The average molecular weight is 395 g/mol. The van der Waals surface area contributed by atoms with Crippen molar-refractivity contribution in [3.8, 4) is 5.75 Å². The first-order chi connectivity index (χ1) is 11.0. The Kier molecular flexibility index (Phi) is 6.25. The first-order valence-electron chi connectivity index (χ1n) is 7.12. The van der Waals surface area contributed by atoms with Crippen LogP contribution in [0.3, 0.4) is 0 Å². The number of benzene rings is 2. The Labute approximate surface area is 149 Å². The van der Waals surface area contributed by atoms with Gasteiger partial charge in [-0.2, -0.15) is 0 Å². The zero-order chi connectivity index (χ0) is 16.8. The number of amides is 1. The average Bonchev–Trinajstić information content (AvgIpc) is 2.51. The van der Waals surface area contributed by atoms with Gasteiger partial charge in [-0.25, -0.2) is 0 Å². The normalized spacial score (nSPS) is 12.2. The highest BCUT2D eigenvalue weighted by Crippen LogP contribution is 2.31. The van der Waals surface area contributed by atoms with Gasteiger partial charge in [0.1, 0.15) is 11.9 Å². The summed E-state index contributed by atoms with van der Waals surface area (Å²) in [5.41, 5.74) is 1.78. The number of ether oxygens (including phenoxy) is 1. The SMILES string of the molecule is Cc1cc(OC(C)C=CC(=O)Nc2ccccc2)c(Cl)cc1Br. The van der Waals surface area contributed by atoms with E-state index in [9.17, 15) is 4.79 Å². The van der Waals surface area contributed by atoms with Crippen molar-refractivity contribution in [1.82, 2.24) is 0 Å². The fraction of sp³-hybridized carbons (Fsp3) is 0.167. The van der Waals surface area contributed by atoms with Crippen molar-refractivity contribution >= 4 is 39.1 Å². The predicted molar refractivity (Wildman–Crippen MR) is 98.2 cm³/mol. The highest BCUT2D eigenvalue weighted by atomic mass is 79.9. The van der Waals surface area contributed by atoms with E-state index in [1.165, 1.54) is 6.08 Å². The zero-order valence-electron chi connectivity index (χ0n) is 12.8. The number of para-hydroxylation sites is 1. The molecule has 0 heterocycles. The van der Waals surface area contributed by atoms with Gasteiger partial charge in [0.2, 0.25) is 5.91 Å². The third-order valence-corrected chi connectivity index (χ3v) is 4.24. The molecule has 1 unspecified atom stereocenters. The summed E-state index contributed by atoms with van der Waals surface area (Å²) in [5.74, 6) is 0.387. The molecule has 3 nitrogen and oxygen atoms in total. The molecule has 5 heteroatoms. The number of aryl methyl sites for hydroxylation is 1. The molecule has 0 aromatic heterocycles. The van der Waals surface area contributed by atoms with Crippen molar-refractivity contribution < 1.29 is 9.53 Å². The molecule has 2 aromatic rings.